The third kappa shape index (κ3) is 15.2. The van der Waals surface area contributed by atoms with Gasteiger partial charge in [-0.1, -0.05) is 37.9 Å². The van der Waals surface area contributed by atoms with Crippen LogP contribution in [-0.4, -0.2) is 16.0 Å². The van der Waals surface area contributed by atoms with Gasteiger partial charge in [0.25, 0.3) is 0 Å². The van der Waals surface area contributed by atoms with Crippen molar-refractivity contribution >= 4 is 41.1 Å². The zero-order valence-electron chi connectivity index (χ0n) is 8.04. The van der Waals surface area contributed by atoms with Crippen LogP contribution < -0.4 is 5.73 Å². The molecule has 2 nitrogen and oxygen atoms in total. The van der Waals surface area contributed by atoms with Crippen molar-refractivity contribution in [2.24, 2.45) is 5.73 Å². The zero-order chi connectivity index (χ0) is 9.23. The van der Waals surface area contributed by atoms with Crippen molar-refractivity contribution in [1.29, 1.82) is 5.41 Å². The van der Waals surface area contributed by atoms with Crippen molar-refractivity contribution in [3.05, 3.63) is 0 Å². The number of thioether (sulfide) groups is 2. The van der Waals surface area contributed by atoms with Crippen LogP contribution in [0.1, 0.15) is 32.6 Å². The summed E-state index contributed by atoms with van der Waals surface area (Å²) in [6.07, 6.45) is 5.29. The molecular formula is C8H19ClN2S2. The largest absolute Gasteiger partial charge is 0.379 e. The van der Waals surface area contributed by atoms with Crippen LogP contribution in [0.25, 0.3) is 0 Å². The Balaban J connectivity index is 0. The molecule has 0 aliphatic rings. The van der Waals surface area contributed by atoms with Crippen molar-refractivity contribution in [2.45, 2.75) is 32.6 Å². The lowest BCUT2D eigenvalue weighted by atomic mass is 10.2. The van der Waals surface area contributed by atoms with Crippen LogP contribution in [-0.2, 0) is 0 Å². The zero-order valence-corrected chi connectivity index (χ0v) is 10.5. The van der Waals surface area contributed by atoms with Gasteiger partial charge in [0.15, 0.2) is 5.17 Å². The van der Waals surface area contributed by atoms with Gasteiger partial charge in [-0.2, -0.15) is 11.8 Å². The molecular weight excluding hydrogens is 224 g/mol. The molecule has 0 radical (unpaired) electrons. The number of rotatable bonds is 7. The lowest BCUT2D eigenvalue weighted by Gasteiger charge is -1.99. The number of nitrogens with one attached hydrogen (secondary N) is 1. The highest BCUT2D eigenvalue weighted by atomic mass is 35.5. The van der Waals surface area contributed by atoms with Crippen LogP contribution in [0.3, 0.4) is 0 Å². The molecule has 0 fully saturated rings. The van der Waals surface area contributed by atoms with E-state index >= 15 is 0 Å². The number of unbranched alkanes of at least 4 members (excludes halogenated alkanes) is 3. The smallest absolute Gasteiger partial charge is 0.151 e. The SMILES string of the molecule is CCCCCCSCSC(=N)N.Cl. The van der Waals surface area contributed by atoms with Crippen LogP contribution in [0.2, 0.25) is 0 Å². The average molecular weight is 243 g/mol. The van der Waals surface area contributed by atoms with E-state index in [-0.39, 0.29) is 17.6 Å². The minimum absolute atomic E-state index is 0. The van der Waals surface area contributed by atoms with Gasteiger partial charge in [-0.15, -0.1) is 12.4 Å². The van der Waals surface area contributed by atoms with E-state index in [1.807, 2.05) is 11.8 Å². The summed E-state index contributed by atoms with van der Waals surface area (Å²) < 4.78 is 0. The van der Waals surface area contributed by atoms with Crippen molar-refractivity contribution in [3.8, 4) is 0 Å². The number of hydrogen-bond acceptors (Lipinski definition) is 3. The van der Waals surface area contributed by atoms with Gasteiger partial charge in [0.05, 0.1) is 0 Å². The van der Waals surface area contributed by atoms with Crippen molar-refractivity contribution < 1.29 is 0 Å². The van der Waals surface area contributed by atoms with Gasteiger partial charge in [0.2, 0.25) is 0 Å². The molecule has 0 aliphatic carbocycles. The Morgan fingerprint density at radius 1 is 1.31 bits per heavy atom. The molecule has 3 N–H and O–H groups in total. The van der Waals surface area contributed by atoms with E-state index in [9.17, 15) is 0 Å². The van der Waals surface area contributed by atoms with E-state index in [0.717, 1.165) is 5.08 Å². The van der Waals surface area contributed by atoms with Crippen LogP contribution in [0.4, 0.5) is 0 Å². The first-order valence-corrected chi connectivity index (χ1v) is 6.46. The predicted molar refractivity (Wildman–Crippen MR) is 68.2 cm³/mol. The van der Waals surface area contributed by atoms with Crippen LogP contribution in [0.15, 0.2) is 0 Å². The van der Waals surface area contributed by atoms with E-state index in [1.54, 1.807) is 0 Å². The van der Waals surface area contributed by atoms with E-state index < -0.39 is 0 Å². The molecule has 0 saturated heterocycles. The monoisotopic (exact) mass is 242 g/mol. The van der Waals surface area contributed by atoms with Crippen molar-refractivity contribution in [3.63, 3.8) is 0 Å². The Morgan fingerprint density at radius 2 is 2.00 bits per heavy atom. The summed E-state index contributed by atoms with van der Waals surface area (Å²) >= 11 is 3.29. The molecule has 5 heteroatoms. The Hall–Kier alpha value is 0.460. The molecule has 0 heterocycles. The van der Waals surface area contributed by atoms with Crippen LogP contribution in [0, 0.1) is 5.41 Å². The molecule has 80 valence electrons. The number of amidine groups is 1. The summed E-state index contributed by atoms with van der Waals surface area (Å²) in [5, 5.41) is 8.13. The molecule has 0 aromatic rings. The minimum Gasteiger partial charge on any atom is -0.379 e. The molecule has 0 atom stereocenters. The van der Waals surface area contributed by atoms with E-state index in [2.05, 4.69) is 6.92 Å². The molecule has 13 heavy (non-hydrogen) atoms. The molecule has 0 aliphatic heterocycles. The molecule has 0 amide bonds. The number of halogens is 1. The number of nitrogens with two attached hydrogens (primary N) is 1. The molecule has 0 unspecified atom stereocenters. The highest BCUT2D eigenvalue weighted by molar-refractivity contribution is 8.23. The topological polar surface area (TPSA) is 49.9 Å². The summed E-state index contributed by atoms with van der Waals surface area (Å²) in [7, 11) is 0. The van der Waals surface area contributed by atoms with Gasteiger partial charge >= 0.3 is 0 Å². The quantitative estimate of drug-likeness (QED) is 0.312. The predicted octanol–water partition coefficient (Wildman–Crippen LogP) is 3.31. The molecule has 0 rings (SSSR count). The van der Waals surface area contributed by atoms with Gasteiger partial charge in [-0.25, -0.2) is 0 Å². The van der Waals surface area contributed by atoms with Gasteiger partial charge in [0, 0.05) is 5.08 Å². The first-order chi connectivity index (χ1) is 5.77. The maximum absolute atomic E-state index is 6.97. The average Bonchev–Trinajstić information content (AvgIpc) is 2.02. The van der Waals surface area contributed by atoms with E-state index in [1.165, 1.54) is 43.2 Å². The third-order valence-electron chi connectivity index (χ3n) is 1.44. The second-order valence-electron chi connectivity index (χ2n) is 2.60. The van der Waals surface area contributed by atoms with Crippen LogP contribution in [0.5, 0.6) is 0 Å². The lowest BCUT2D eigenvalue weighted by Crippen LogP contribution is -2.03. The standard InChI is InChI=1S/C8H18N2S2.ClH/c1-2-3-4-5-6-11-7-12-8(9)10;/h2-7H2,1H3,(H3,9,10);1H. The first kappa shape index (κ1) is 15.9. The van der Waals surface area contributed by atoms with Crippen LogP contribution >= 0.6 is 35.9 Å². The lowest BCUT2D eigenvalue weighted by molar-refractivity contribution is 0.707. The second kappa shape index (κ2) is 12.5. The number of hydrogen-bond donors (Lipinski definition) is 2. The molecule has 0 saturated carbocycles. The fourth-order valence-corrected chi connectivity index (χ4v) is 2.52. The molecule has 0 aromatic carbocycles. The Kier molecular flexibility index (Phi) is 15.3. The van der Waals surface area contributed by atoms with Crippen molar-refractivity contribution in [2.75, 3.05) is 10.8 Å². The molecule has 0 spiro atoms. The Labute approximate surface area is 95.7 Å². The van der Waals surface area contributed by atoms with Gasteiger partial charge in [-0.3, -0.25) is 5.41 Å². The highest BCUT2D eigenvalue weighted by Crippen LogP contribution is 2.13. The van der Waals surface area contributed by atoms with E-state index in [0.29, 0.717) is 0 Å². The Bertz CT molecular complexity index is 123. The second-order valence-corrected chi connectivity index (χ2v) is 5.08. The van der Waals surface area contributed by atoms with Gasteiger partial charge in [-0.05, 0) is 12.2 Å². The fourth-order valence-electron chi connectivity index (χ4n) is 0.795. The Morgan fingerprint density at radius 3 is 2.54 bits per heavy atom. The molecule has 0 aromatic heterocycles. The third-order valence-corrected chi connectivity index (χ3v) is 3.47. The minimum atomic E-state index is 0. The fraction of sp³-hybridized carbons (Fsp3) is 0.875. The van der Waals surface area contributed by atoms with E-state index in [4.69, 9.17) is 11.1 Å². The maximum atomic E-state index is 6.97. The summed E-state index contributed by atoms with van der Waals surface area (Å²) in [5.74, 6) is 1.21. The first-order valence-electron chi connectivity index (χ1n) is 4.32. The maximum Gasteiger partial charge on any atom is 0.151 e. The summed E-state index contributed by atoms with van der Waals surface area (Å²) in [4.78, 5) is 0. The summed E-state index contributed by atoms with van der Waals surface area (Å²) in [6, 6.07) is 0. The van der Waals surface area contributed by atoms with Gasteiger partial charge in [0.1, 0.15) is 0 Å². The normalized spacial score (nSPS) is 9.31. The highest BCUT2D eigenvalue weighted by Gasteiger charge is 1.92. The molecule has 0 bridgehead atoms. The summed E-state index contributed by atoms with van der Waals surface area (Å²) in [5.41, 5.74) is 5.19. The van der Waals surface area contributed by atoms with Crippen molar-refractivity contribution in [1.82, 2.24) is 0 Å². The summed E-state index contributed by atoms with van der Waals surface area (Å²) in [6.45, 7) is 2.22. The van der Waals surface area contributed by atoms with Gasteiger partial charge < -0.3 is 5.73 Å².